The Labute approximate surface area is 125 Å². The quantitative estimate of drug-likeness (QED) is 0.743. The number of nitrogens with one attached hydrogen (secondary N) is 1. The monoisotopic (exact) mass is 278 g/mol. The maximum Gasteiger partial charge on any atom is 0.00684 e. The molecule has 1 atom stereocenters. The standard InChI is InChI=1S/C18H34N2/c1-2-16-9-12-20(13-16)15-18(14-19-17-7-8-17)10-5-3-4-6-11-18/h16-17,19H,2-15H2,1H3. The van der Waals surface area contributed by atoms with Crippen LogP contribution < -0.4 is 5.32 Å². The second-order valence-electron chi connectivity index (χ2n) is 7.87. The van der Waals surface area contributed by atoms with E-state index in [1.165, 1.54) is 90.4 Å². The van der Waals surface area contributed by atoms with Crippen molar-refractivity contribution in [3.05, 3.63) is 0 Å². The van der Waals surface area contributed by atoms with E-state index in [1.54, 1.807) is 0 Å². The van der Waals surface area contributed by atoms with Gasteiger partial charge in [-0.3, -0.25) is 0 Å². The van der Waals surface area contributed by atoms with Gasteiger partial charge in [0, 0.05) is 25.7 Å². The maximum atomic E-state index is 3.87. The number of nitrogens with zero attached hydrogens (tertiary/aromatic N) is 1. The van der Waals surface area contributed by atoms with E-state index in [1.807, 2.05) is 0 Å². The molecular formula is C18H34N2. The van der Waals surface area contributed by atoms with Crippen LogP contribution in [0.1, 0.15) is 71.1 Å². The lowest BCUT2D eigenvalue weighted by Gasteiger charge is -2.37. The first-order valence-electron chi connectivity index (χ1n) is 9.25. The van der Waals surface area contributed by atoms with Gasteiger partial charge in [-0.05, 0) is 50.0 Å². The average Bonchev–Trinajstić information content (AvgIpc) is 3.22. The molecule has 116 valence electrons. The smallest absolute Gasteiger partial charge is 0.00684 e. The molecule has 1 heterocycles. The Hall–Kier alpha value is -0.0800. The molecule has 0 bridgehead atoms. The van der Waals surface area contributed by atoms with Crippen LogP contribution in [-0.2, 0) is 0 Å². The minimum Gasteiger partial charge on any atom is -0.313 e. The highest BCUT2D eigenvalue weighted by atomic mass is 15.2. The highest BCUT2D eigenvalue weighted by Crippen LogP contribution is 2.37. The fourth-order valence-corrected chi connectivity index (χ4v) is 4.38. The summed E-state index contributed by atoms with van der Waals surface area (Å²) in [7, 11) is 0. The minimum atomic E-state index is 0.599. The van der Waals surface area contributed by atoms with Crippen molar-refractivity contribution in [1.82, 2.24) is 10.2 Å². The number of likely N-dealkylation sites (tertiary alicyclic amines) is 1. The molecule has 0 amide bonds. The molecule has 20 heavy (non-hydrogen) atoms. The summed E-state index contributed by atoms with van der Waals surface area (Å²) in [6, 6.07) is 0.872. The topological polar surface area (TPSA) is 15.3 Å². The normalized spacial score (nSPS) is 31.4. The largest absolute Gasteiger partial charge is 0.313 e. The highest BCUT2D eigenvalue weighted by molar-refractivity contribution is 4.92. The molecular weight excluding hydrogens is 244 g/mol. The van der Waals surface area contributed by atoms with Crippen molar-refractivity contribution in [2.75, 3.05) is 26.2 Å². The van der Waals surface area contributed by atoms with Gasteiger partial charge in [-0.2, -0.15) is 0 Å². The van der Waals surface area contributed by atoms with E-state index in [0.717, 1.165) is 12.0 Å². The maximum absolute atomic E-state index is 3.87. The molecule has 2 saturated carbocycles. The van der Waals surface area contributed by atoms with Crippen LogP contribution in [0.4, 0.5) is 0 Å². The lowest BCUT2D eigenvalue weighted by molar-refractivity contribution is 0.141. The molecule has 0 aromatic rings. The van der Waals surface area contributed by atoms with Crippen LogP contribution >= 0.6 is 0 Å². The average molecular weight is 278 g/mol. The van der Waals surface area contributed by atoms with Crippen LogP contribution in [0.3, 0.4) is 0 Å². The minimum absolute atomic E-state index is 0.599. The Morgan fingerprint density at radius 2 is 1.80 bits per heavy atom. The third-order valence-corrected chi connectivity index (χ3v) is 6.01. The fourth-order valence-electron chi connectivity index (χ4n) is 4.38. The molecule has 3 aliphatic rings. The SMILES string of the molecule is CCC1CCN(CC2(CNC3CC3)CCCCCC2)C1. The second kappa shape index (κ2) is 6.79. The van der Waals surface area contributed by atoms with Crippen LogP contribution in [0.5, 0.6) is 0 Å². The molecule has 0 spiro atoms. The number of hydrogen-bond donors (Lipinski definition) is 1. The van der Waals surface area contributed by atoms with E-state index < -0.39 is 0 Å². The Kier molecular flexibility index (Phi) is 5.04. The molecule has 1 saturated heterocycles. The van der Waals surface area contributed by atoms with Gasteiger partial charge in [-0.15, -0.1) is 0 Å². The van der Waals surface area contributed by atoms with Gasteiger partial charge in [0.1, 0.15) is 0 Å². The van der Waals surface area contributed by atoms with Crippen molar-refractivity contribution in [2.45, 2.75) is 77.2 Å². The summed E-state index contributed by atoms with van der Waals surface area (Å²) in [4.78, 5) is 2.80. The van der Waals surface area contributed by atoms with Gasteiger partial charge in [0.25, 0.3) is 0 Å². The van der Waals surface area contributed by atoms with Gasteiger partial charge in [-0.1, -0.05) is 39.0 Å². The summed E-state index contributed by atoms with van der Waals surface area (Å²) in [5, 5.41) is 3.87. The molecule has 1 aliphatic heterocycles. The Balaban J connectivity index is 1.58. The molecule has 2 heteroatoms. The predicted octanol–water partition coefficient (Wildman–Crippen LogP) is 3.81. The Morgan fingerprint density at radius 3 is 2.40 bits per heavy atom. The number of rotatable bonds is 6. The zero-order chi connectivity index (χ0) is 13.8. The highest BCUT2D eigenvalue weighted by Gasteiger charge is 2.36. The first-order valence-corrected chi connectivity index (χ1v) is 9.25. The molecule has 0 aromatic carbocycles. The van der Waals surface area contributed by atoms with Gasteiger partial charge < -0.3 is 10.2 Å². The first-order chi connectivity index (χ1) is 9.80. The van der Waals surface area contributed by atoms with E-state index in [9.17, 15) is 0 Å². The summed E-state index contributed by atoms with van der Waals surface area (Å²) in [5.74, 6) is 0.981. The molecule has 3 rings (SSSR count). The first kappa shape index (κ1) is 14.8. The molecule has 0 radical (unpaired) electrons. The van der Waals surface area contributed by atoms with Crippen LogP contribution in [0.2, 0.25) is 0 Å². The number of hydrogen-bond acceptors (Lipinski definition) is 2. The van der Waals surface area contributed by atoms with Crippen molar-refractivity contribution in [1.29, 1.82) is 0 Å². The van der Waals surface area contributed by atoms with Crippen molar-refractivity contribution in [3.8, 4) is 0 Å². The summed E-state index contributed by atoms with van der Waals surface area (Å²) in [5.41, 5.74) is 0.599. The second-order valence-corrected chi connectivity index (χ2v) is 7.87. The molecule has 2 nitrogen and oxygen atoms in total. The molecule has 1 N–H and O–H groups in total. The van der Waals surface area contributed by atoms with Crippen LogP contribution in [0.25, 0.3) is 0 Å². The van der Waals surface area contributed by atoms with Crippen molar-refractivity contribution >= 4 is 0 Å². The van der Waals surface area contributed by atoms with E-state index in [2.05, 4.69) is 17.1 Å². The van der Waals surface area contributed by atoms with Gasteiger partial charge in [0.05, 0.1) is 0 Å². The summed E-state index contributed by atoms with van der Waals surface area (Å²) in [6.07, 6.45) is 14.5. The summed E-state index contributed by atoms with van der Waals surface area (Å²) < 4.78 is 0. The lowest BCUT2D eigenvalue weighted by atomic mass is 9.79. The molecule has 3 fully saturated rings. The zero-order valence-electron chi connectivity index (χ0n) is 13.5. The fraction of sp³-hybridized carbons (Fsp3) is 1.00. The van der Waals surface area contributed by atoms with Gasteiger partial charge >= 0.3 is 0 Å². The van der Waals surface area contributed by atoms with E-state index in [-0.39, 0.29) is 0 Å². The third kappa shape index (κ3) is 3.98. The summed E-state index contributed by atoms with van der Waals surface area (Å²) in [6.45, 7) is 7.78. The molecule has 1 unspecified atom stereocenters. The molecule has 2 aliphatic carbocycles. The van der Waals surface area contributed by atoms with Gasteiger partial charge in [0.15, 0.2) is 0 Å². The van der Waals surface area contributed by atoms with Crippen molar-refractivity contribution in [2.24, 2.45) is 11.3 Å². The lowest BCUT2D eigenvalue weighted by Crippen LogP contribution is -2.44. The third-order valence-electron chi connectivity index (χ3n) is 6.01. The van der Waals surface area contributed by atoms with Crippen LogP contribution in [-0.4, -0.2) is 37.1 Å². The molecule has 0 aromatic heterocycles. The van der Waals surface area contributed by atoms with E-state index >= 15 is 0 Å². The predicted molar refractivity (Wildman–Crippen MR) is 86.0 cm³/mol. The van der Waals surface area contributed by atoms with Crippen LogP contribution in [0, 0.1) is 11.3 Å². The Morgan fingerprint density at radius 1 is 1.05 bits per heavy atom. The summed E-state index contributed by atoms with van der Waals surface area (Å²) >= 11 is 0. The van der Waals surface area contributed by atoms with E-state index in [4.69, 9.17) is 0 Å². The van der Waals surface area contributed by atoms with E-state index in [0.29, 0.717) is 5.41 Å². The van der Waals surface area contributed by atoms with Crippen molar-refractivity contribution < 1.29 is 0 Å². The van der Waals surface area contributed by atoms with Gasteiger partial charge in [0.2, 0.25) is 0 Å². The van der Waals surface area contributed by atoms with Gasteiger partial charge in [-0.25, -0.2) is 0 Å². The van der Waals surface area contributed by atoms with Crippen molar-refractivity contribution in [3.63, 3.8) is 0 Å². The zero-order valence-corrected chi connectivity index (χ0v) is 13.5. The van der Waals surface area contributed by atoms with Crippen LogP contribution in [0.15, 0.2) is 0 Å². The Bertz CT molecular complexity index is 290.